The number of carbonyl (C=O) groups is 3. The van der Waals surface area contributed by atoms with E-state index in [0.29, 0.717) is 0 Å². The van der Waals surface area contributed by atoms with E-state index in [1.165, 1.54) is 4.90 Å². The zero-order valence-electron chi connectivity index (χ0n) is 10.5. The van der Waals surface area contributed by atoms with Gasteiger partial charge >= 0.3 is 5.97 Å². The first-order valence-corrected chi connectivity index (χ1v) is 5.76. The summed E-state index contributed by atoms with van der Waals surface area (Å²) in [7, 11) is 0. The van der Waals surface area contributed by atoms with Crippen molar-refractivity contribution in [1.29, 1.82) is 0 Å². The molecule has 0 saturated carbocycles. The van der Waals surface area contributed by atoms with Gasteiger partial charge in [0.25, 0.3) is 6.01 Å². The van der Waals surface area contributed by atoms with Crippen molar-refractivity contribution in [2.24, 2.45) is 0 Å². The number of piperazine rings is 1. The van der Waals surface area contributed by atoms with E-state index in [9.17, 15) is 14.4 Å². The number of carbonyl (C=O) groups excluding carboxylic acids is 3. The van der Waals surface area contributed by atoms with Gasteiger partial charge in [-0.05, 0) is 13.8 Å². The molecule has 0 aromatic carbocycles. The highest BCUT2D eigenvalue weighted by molar-refractivity contribution is 6.04. The zero-order chi connectivity index (χ0) is 14.0. The number of esters is 1. The maximum atomic E-state index is 11.5. The first-order chi connectivity index (χ1) is 9.02. The van der Waals surface area contributed by atoms with Crippen LogP contribution in [0, 0.1) is 0 Å². The Balaban J connectivity index is 2.19. The summed E-state index contributed by atoms with van der Waals surface area (Å²) in [5.74, 6) is -1.50. The van der Waals surface area contributed by atoms with Crippen LogP contribution in [0.5, 0.6) is 0 Å². The van der Waals surface area contributed by atoms with Crippen LogP contribution in [0.3, 0.4) is 0 Å². The average molecular weight is 267 g/mol. The van der Waals surface area contributed by atoms with E-state index in [2.05, 4.69) is 10.3 Å². The van der Waals surface area contributed by atoms with Gasteiger partial charge in [0, 0.05) is 0 Å². The lowest BCUT2D eigenvalue weighted by Gasteiger charge is -2.29. The van der Waals surface area contributed by atoms with Crippen molar-refractivity contribution in [3.05, 3.63) is 12.0 Å². The van der Waals surface area contributed by atoms with Crippen LogP contribution in [-0.2, 0) is 14.3 Å². The molecule has 8 nitrogen and oxygen atoms in total. The molecule has 1 aromatic rings. The van der Waals surface area contributed by atoms with Gasteiger partial charge in [0.15, 0.2) is 5.69 Å². The molecule has 102 valence electrons. The van der Waals surface area contributed by atoms with Crippen molar-refractivity contribution in [3.63, 3.8) is 0 Å². The number of hydrogen-bond donors (Lipinski definition) is 1. The molecule has 0 spiro atoms. The molecule has 1 fully saturated rings. The number of rotatable bonds is 3. The first-order valence-electron chi connectivity index (χ1n) is 5.76. The monoisotopic (exact) mass is 267 g/mol. The predicted octanol–water partition coefficient (Wildman–Crippen LogP) is -0.297. The van der Waals surface area contributed by atoms with Crippen molar-refractivity contribution >= 4 is 23.8 Å². The fourth-order valence-corrected chi connectivity index (χ4v) is 1.64. The van der Waals surface area contributed by atoms with Gasteiger partial charge in [0.1, 0.15) is 18.8 Å². The molecule has 1 aliphatic rings. The van der Waals surface area contributed by atoms with Crippen molar-refractivity contribution < 1.29 is 23.5 Å². The van der Waals surface area contributed by atoms with Crippen LogP contribution in [0.2, 0.25) is 0 Å². The number of hydrogen-bond acceptors (Lipinski definition) is 7. The predicted molar refractivity (Wildman–Crippen MR) is 62.4 cm³/mol. The molecule has 1 N–H and O–H groups in total. The van der Waals surface area contributed by atoms with Crippen LogP contribution in [0.15, 0.2) is 10.7 Å². The maximum Gasteiger partial charge on any atom is 0.360 e. The van der Waals surface area contributed by atoms with Gasteiger partial charge in [-0.15, -0.1) is 0 Å². The molecule has 2 amide bonds. The number of oxazole rings is 1. The summed E-state index contributed by atoms with van der Waals surface area (Å²) in [6.45, 7) is 3.45. The Morgan fingerprint density at radius 3 is 3.05 bits per heavy atom. The minimum atomic E-state index is -0.613. The van der Waals surface area contributed by atoms with Gasteiger partial charge in [-0.25, -0.2) is 4.79 Å². The van der Waals surface area contributed by atoms with Gasteiger partial charge in [-0.3, -0.25) is 14.9 Å². The van der Waals surface area contributed by atoms with E-state index in [4.69, 9.17) is 9.15 Å². The Bertz CT molecular complexity index is 524. The lowest BCUT2D eigenvalue weighted by Crippen LogP contribution is -2.57. The number of ether oxygens (including phenoxy) is 1. The van der Waals surface area contributed by atoms with Gasteiger partial charge in [0.2, 0.25) is 11.8 Å². The minimum Gasteiger partial charge on any atom is -0.461 e. The highest BCUT2D eigenvalue weighted by Gasteiger charge is 2.33. The fraction of sp³-hybridized carbons (Fsp3) is 0.455. The second-order valence-electron chi connectivity index (χ2n) is 3.95. The van der Waals surface area contributed by atoms with Crippen LogP contribution in [0.25, 0.3) is 0 Å². The molecule has 0 bridgehead atoms. The van der Waals surface area contributed by atoms with E-state index in [1.807, 2.05) is 0 Å². The van der Waals surface area contributed by atoms with E-state index >= 15 is 0 Å². The van der Waals surface area contributed by atoms with E-state index in [1.54, 1.807) is 13.8 Å². The van der Waals surface area contributed by atoms with Gasteiger partial charge in [-0.2, -0.15) is 4.98 Å². The van der Waals surface area contributed by atoms with E-state index in [-0.39, 0.29) is 24.9 Å². The molecule has 19 heavy (non-hydrogen) atoms. The lowest BCUT2D eigenvalue weighted by molar-refractivity contribution is -0.132. The number of amides is 2. The molecule has 1 saturated heterocycles. The average Bonchev–Trinajstić information content (AvgIpc) is 2.83. The number of nitrogens with zero attached hydrogens (tertiary/aromatic N) is 2. The van der Waals surface area contributed by atoms with Gasteiger partial charge in [-0.1, -0.05) is 0 Å². The molecule has 0 radical (unpaired) electrons. The van der Waals surface area contributed by atoms with E-state index in [0.717, 1.165) is 6.26 Å². The van der Waals surface area contributed by atoms with Gasteiger partial charge < -0.3 is 14.1 Å². The molecule has 8 heteroatoms. The summed E-state index contributed by atoms with van der Waals surface area (Å²) in [6.07, 6.45) is 1.14. The van der Waals surface area contributed by atoms with Crippen molar-refractivity contribution in [1.82, 2.24) is 10.3 Å². The molecular formula is C11H13N3O5. The summed E-state index contributed by atoms with van der Waals surface area (Å²) < 4.78 is 9.89. The number of anilines is 1. The summed E-state index contributed by atoms with van der Waals surface area (Å²) in [4.78, 5) is 39.6. The van der Waals surface area contributed by atoms with Crippen LogP contribution in [-0.4, -0.2) is 42.0 Å². The SMILES string of the molecule is CCOC(=O)c1coc(N2CC(=O)NC(=O)C2C)n1. The molecule has 1 aliphatic heterocycles. The molecule has 2 heterocycles. The number of nitrogens with one attached hydrogen (secondary N) is 1. The summed E-state index contributed by atoms with van der Waals surface area (Å²) >= 11 is 0. The standard InChI is InChI=1S/C11H13N3O5/c1-3-18-10(17)7-5-19-11(12-7)14-4-8(15)13-9(16)6(14)2/h5-6H,3-4H2,1-2H3,(H,13,15,16). The quantitative estimate of drug-likeness (QED) is 0.592. The molecule has 0 aliphatic carbocycles. The third-order valence-corrected chi connectivity index (χ3v) is 2.65. The number of imide groups is 1. The third-order valence-electron chi connectivity index (χ3n) is 2.65. The Morgan fingerprint density at radius 2 is 2.37 bits per heavy atom. The largest absolute Gasteiger partial charge is 0.461 e. The summed E-state index contributed by atoms with van der Waals surface area (Å²) in [6, 6.07) is -0.565. The smallest absolute Gasteiger partial charge is 0.360 e. The number of aromatic nitrogens is 1. The van der Waals surface area contributed by atoms with Crippen molar-refractivity contribution in [3.8, 4) is 0 Å². The van der Waals surface area contributed by atoms with Crippen LogP contribution in [0.4, 0.5) is 6.01 Å². The second-order valence-corrected chi connectivity index (χ2v) is 3.95. The van der Waals surface area contributed by atoms with E-state index < -0.39 is 23.8 Å². The Kier molecular flexibility index (Phi) is 3.50. The molecule has 1 aromatic heterocycles. The maximum absolute atomic E-state index is 11.5. The Morgan fingerprint density at radius 1 is 1.63 bits per heavy atom. The Hall–Kier alpha value is -2.38. The third kappa shape index (κ3) is 2.56. The molecule has 1 unspecified atom stereocenters. The molecule has 2 rings (SSSR count). The Labute approximate surface area is 108 Å². The van der Waals surface area contributed by atoms with Crippen molar-refractivity contribution in [2.75, 3.05) is 18.1 Å². The normalized spacial score (nSPS) is 19.3. The van der Waals surface area contributed by atoms with Crippen molar-refractivity contribution in [2.45, 2.75) is 19.9 Å². The first kappa shape index (κ1) is 13.1. The molecular weight excluding hydrogens is 254 g/mol. The summed E-state index contributed by atoms with van der Waals surface area (Å²) in [5, 5.41) is 2.20. The zero-order valence-corrected chi connectivity index (χ0v) is 10.5. The minimum absolute atomic E-state index is 0.00230. The van der Waals surface area contributed by atoms with Crippen LogP contribution in [0.1, 0.15) is 24.3 Å². The lowest BCUT2D eigenvalue weighted by atomic mass is 10.2. The van der Waals surface area contributed by atoms with Gasteiger partial charge in [0.05, 0.1) is 6.61 Å². The topological polar surface area (TPSA) is 102 Å². The summed E-state index contributed by atoms with van der Waals surface area (Å²) in [5.41, 5.74) is 0.00230. The molecule has 1 atom stereocenters. The van der Waals surface area contributed by atoms with Crippen LogP contribution >= 0.6 is 0 Å². The second kappa shape index (κ2) is 5.09. The van der Waals surface area contributed by atoms with Crippen LogP contribution < -0.4 is 10.2 Å². The highest BCUT2D eigenvalue weighted by Crippen LogP contribution is 2.18. The highest BCUT2D eigenvalue weighted by atomic mass is 16.5. The fourth-order valence-electron chi connectivity index (χ4n) is 1.64.